The molecule has 2 rings (SSSR count). The van der Waals surface area contributed by atoms with E-state index in [9.17, 15) is 0 Å². The molecule has 1 atom stereocenters. The first-order valence-electron chi connectivity index (χ1n) is 5.15. The first-order valence-corrected chi connectivity index (χ1v) is 7.02. The van der Waals surface area contributed by atoms with Gasteiger partial charge in [-0.3, -0.25) is 4.90 Å². The Morgan fingerprint density at radius 2 is 2.60 bits per heavy atom. The van der Waals surface area contributed by atoms with Crippen molar-refractivity contribution in [2.24, 2.45) is 4.99 Å². The van der Waals surface area contributed by atoms with E-state index in [1.807, 2.05) is 11.3 Å². The molecular weight excluding hydrogens is 226 g/mol. The molecule has 0 spiro atoms. The van der Waals surface area contributed by atoms with Crippen LogP contribution in [0.4, 0.5) is 0 Å². The lowest BCUT2D eigenvalue weighted by atomic mass is 10.4. The van der Waals surface area contributed by atoms with Crippen LogP contribution in [-0.4, -0.2) is 24.3 Å². The average molecular weight is 242 g/mol. The summed E-state index contributed by atoms with van der Waals surface area (Å²) in [4.78, 5) is 7.44. The number of nitrogens with one attached hydrogen (secondary N) is 2. The fraction of sp³-hybridized carbons (Fsp3) is 0.500. The largest absolute Gasteiger partial charge is 0.318 e. The summed E-state index contributed by atoms with van der Waals surface area (Å²) in [6.07, 6.45) is 0. The van der Waals surface area contributed by atoms with Gasteiger partial charge in [-0.1, -0.05) is 24.8 Å². The first-order chi connectivity index (χ1) is 7.38. The lowest BCUT2D eigenvalue weighted by Gasteiger charge is -2.22. The van der Waals surface area contributed by atoms with Crippen molar-refractivity contribution in [3.8, 4) is 0 Å². The Morgan fingerprint density at radius 1 is 1.67 bits per heavy atom. The molecule has 0 bridgehead atoms. The Labute approximate surface area is 98.6 Å². The van der Waals surface area contributed by atoms with Crippen molar-refractivity contribution in [2.75, 3.05) is 19.1 Å². The number of thiophene rings is 1. The third-order valence-corrected chi connectivity index (χ3v) is 3.93. The number of rotatable bonds is 3. The molecule has 1 aromatic heterocycles. The van der Waals surface area contributed by atoms with Crippen LogP contribution in [0.15, 0.2) is 22.5 Å². The number of nitrogens with zero attached hydrogens (tertiary/aromatic N) is 1. The molecule has 0 saturated carbocycles. The van der Waals surface area contributed by atoms with Crippen molar-refractivity contribution in [1.82, 2.24) is 5.32 Å². The number of thioether (sulfide) groups is 1. The Bertz CT molecular complexity index is 321. The van der Waals surface area contributed by atoms with Crippen LogP contribution >= 0.6 is 23.1 Å². The van der Waals surface area contributed by atoms with Crippen LogP contribution < -0.4 is 10.2 Å². The zero-order valence-electron chi connectivity index (χ0n) is 8.82. The molecule has 15 heavy (non-hydrogen) atoms. The quantitative estimate of drug-likeness (QED) is 0.819. The summed E-state index contributed by atoms with van der Waals surface area (Å²) >= 11 is 3.62. The highest BCUT2D eigenvalue weighted by molar-refractivity contribution is 8.13. The average Bonchev–Trinajstić information content (AvgIpc) is 2.74. The van der Waals surface area contributed by atoms with Gasteiger partial charge in [-0.05, 0) is 17.2 Å². The lowest BCUT2D eigenvalue weighted by Crippen LogP contribution is -3.13. The van der Waals surface area contributed by atoms with Gasteiger partial charge >= 0.3 is 0 Å². The van der Waals surface area contributed by atoms with Gasteiger partial charge in [0.1, 0.15) is 6.54 Å². The minimum Gasteiger partial charge on any atom is -0.318 e. The van der Waals surface area contributed by atoms with Crippen LogP contribution in [0.5, 0.6) is 0 Å². The van der Waals surface area contributed by atoms with Gasteiger partial charge in [0.15, 0.2) is 18.5 Å². The van der Waals surface area contributed by atoms with Gasteiger partial charge in [-0.15, -0.1) is 11.3 Å². The van der Waals surface area contributed by atoms with Gasteiger partial charge in [0.25, 0.3) is 0 Å². The molecule has 0 saturated heterocycles. The maximum Gasteiger partial charge on any atom is 0.175 e. The third-order valence-electron chi connectivity index (χ3n) is 2.22. The van der Waals surface area contributed by atoms with E-state index in [0.29, 0.717) is 0 Å². The summed E-state index contributed by atoms with van der Waals surface area (Å²) < 4.78 is 0. The SMILES string of the molecule is CCSC1=NC[NH+](Cc2cccs2)CN1. The Kier molecular flexibility index (Phi) is 4.05. The van der Waals surface area contributed by atoms with E-state index in [2.05, 4.69) is 34.7 Å². The molecule has 82 valence electrons. The predicted molar refractivity (Wildman–Crippen MR) is 67.4 cm³/mol. The highest BCUT2D eigenvalue weighted by Gasteiger charge is 2.15. The molecule has 0 fully saturated rings. The predicted octanol–water partition coefficient (Wildman–Crippen LogP) is 0.760. The van der Waals surface area contributed by atoms with Crippen LogP contribution in [-0.2, 0) is 6.54 Å². The first kappa shape index (κ1) is 11.0. The van der Waals surface area contributed by atoms with Crippen LogP contribution in [0, 0.1) is 0 Å². The molecule has 2 N–H and O–H groups in total. The van der Waals surface area contributed by atoms with E-state index >= 15 is 0 Å². The normalized spacial score (nSPS) is 20.9. The second-order valence-corrected chi connectivity index (χ2v) is 5.70. The monoisotopic (exact) mass is 242 g/mol. The summed E-state index contributed by atoms with van der Waals surface area (Å²) in [6, 6.07) is 4.30. The van der Waals surface area contributed by atoms with Crippen LogP contribution in [0.1, 0.15) is 11.8 Å². The summed E-state index contributed by atoms with van der Waals surface area (Å²) in [5.74, 6) is 1.09. The van der Waals surface area contributed by atoms with E-state index in [1.165, 1.54) is 9.78 Å². The van der Waals surface area contributed by atoms with Crippen LogP contribution in [0.2, 0.25) is 0 Å². The molecule has 0 aliphatic carbocycles. The summed E-state index contributed by atoms with van der Waals surface area (Å²) in [5, 5.41) is 6.60. The Hall–Kier alpha value is -0.520. The molecule has 0 aromatic carbocycles. The number of hydrogen-bond acceptors (Lipinski definition) is 4. The second-order valence-electron chi connectivity index (χ2n) is 3.41. The van der Waals surface area contributed by atoms with Gasteiger partial charge in [0.05, 0.1) is 4.88 Å². The highest BCUT2D eigenvalue weighted by Crippen LogP contribution is 2.06. The van der Waals surface area contributed by atoms with Crippen LogP contribution in [0.25, 0.3) is 0 Å². The van der Waals surface area contributed by atoms with Gasteiger partial charge in [-0.2, -0.15) is 0 Å². The van der Waals surface area contributed by atoms with E-state index < -0.39 is 0 Å². The molecule has 3 nitrogen and oxygen atoms in total. The standard InChI is InChI=1S/C10H15N3S2/c1-2-14-10-11-7-13(8-12-10)6-9-4-3-5-15-9/h3-5H,2,6-8H2,1H3,(H,11,12)/p+1. The summed E-state index contributed by atoms with van der Waals surface area (Å²) in [6.45, 7) is 5.12. The fourth-order valence-corrected chi connectivity index (χ4v) is 2.89. The fourth-order valence-electron chi connectivity index (χ4n) is 1.51. The molecule has 2 heterocycles. The zero-order valence-corrected chi connectivity index (χ0v) is 10.5. The van der Waals surface area contributed by atoms with Gasteiger partial charge in [0.2, 0.25) is 0 Å². The molecule has 1 aliphatic heterocycles. The van der Waals surface area contributed by atoms with E-state index in [4.69, 9.17) is 0 Å². The molecule has 1 aliphatic rings. The number of amidine groups is 1. The van der Waals surface area contributed by atoms with Gasteiger partial charge < -0.3 is 5.32 Å². The molecule has 0 amide bonds. The zero-order chi connectivity index (χ0) is 10.5. The molecular formula is C10H16N3S2+. The Morgan fingerprint density at radius 3 is 3.20 bits per heavy atom. The third kappa shape index (κ3) is 3.22. The van der Waals surface area contributed by atoms with Gasteiger partial charge in [-0.25, -0.2) is 4.99 Å². The highest BCUT2D eigenvalue weighted by atomic mass is 32.2. The molecule has 1 aromatic rings. The lowest BCUT2D eigenvalue weighted by molar-refractivity contribution is -0.916. The van der Waals surface area contributed by atoms with E-state index in [0.717, 1.165) is 30.8 Å². The second kappa shape index (κ2) is 5.53. The number of aliphatic imine (C=N–C) groups is 1. The Balaban J connectivity index is 1.83. The number of hydrogen-bond donors (Lipinski definition) is 2. The molecule has 5 heteroatoms. The molecule has 0 radical (unpaired) electrons. The van der Waals surface area contributed by atoms with Crippen molar-refractivity contribution in [3.05, 3.63) is 22.4 Å². The minimum atomic E-state index is 0.896. The van der Waals surface area contributed by atoms with Crippen molar-refractivity contribution in [1.29, 1.82) is 0 Å². The number of quaternary nitrogens is 1. The van der Waals surface area contributed by atoms with Crippen molar-refractivity contribution >= 4 is 28.3 Å². The topological polar surface area (TPSA) is 28.8 Å². The van der Waals surface area contributed by atoms with Crippen LogP contribution in [0.3, 0.4) is 0 Å². The van der Waals surface area contributed by atoms with E-state index in [-0.39, 0.29) is 0 Å². The molecule has 1 unspecified atom stereocenters. The summed E-state index contributed by atoms with van der Waals surface area (Å²) in [7, 11) is 0. The van der Waals surface area contributed by atoms with Crippen molar-refractivity contribution < 1.29 is 4.90 Å². The maximum absolute atomic E-state index is 4.52. The van der Waals surface area contributed by atoms with Crippen molar-refractivity contribution in [2.45, 2.75) is 13.5 Å². The van der Waals surface area contributed by atoms with Crippen molar-refractivity contribution in [3.63, 3.8) is 0 Å². The van der Waals surface area contributed by atoms with E-state index in [1.54, 1.807) is 11.8 Å². The maximum atomic E-state index is 4.52. The van der Waals surface area contributed by atoms with Gasteiger partial charge in [0, 0.05) is 0 Å². The smallest absolute Gasteiger partial charge is 0.175 e. The minimum absolute atomic E-state index is 0.896. The summed E-state index contributed by atoms with van der Waals surface area (Å²) in [5.41, 5.74) is 0.